The first-order valence-electron chi connectivity index (χ1n) is 9.68. The molecule has 1 aromatic carbocycles. The minimum absolute atomic E-state index is 0.228. The number of aryl methyl sites for hydroxylation is 1. The fraction of sp³-hybridized carbons (Fsp3) is 0.350. The number of anilines is 2. The first-order valence-corrected chi connectivity index (χ1v) is 9.68. The zero-order valence-corrected chi connectivity index (χ0v) is 16.8. The number of aromatic nitrogens is 2. The Morgan fingerprint density at radius 2 is 2.27 bits per heavy atom. The highest BCUT2D eigenvalue weighted by Gasteiger charge is 2.30. The monoisotopic (exact) mass is 407 g/mol. The van der Waals surface area contributed by atoms with Crippen LogP contribution in [0.4, 0.5) is 11.5 Å². The minimum atomic E-state index is -0.960. The topological polar surface area (TPSA) is 135 Å². The van der Waals surface area contributed by atoms with Gasteiger partial charge >= 0.3 is 7.12 Å². The molecule has 0 spiro atoms. The number of carbonyl (C=O) groups is 1. The molecule has 1 saturated heterocycles. The van der Waals surface area contributed by atoms with Crippen LogP contribution in [-0.2, 0) is 4.74 Å². The van der Waals surface area contributed by atoms with Crippen molar-refractivity contribution in [2.45, 2.75) is 26.3 Å². The number of hydrogen-bond acceptors (Lipinski definition) is 7. The number of primary amides is 1. The number of nitrogens with one attached hydrogen (secondary N) is 1. The Morgan fingerprint density at radius 3 is 3.00 bits per heavy atom. The molecule has 0 saturated carbocycles. The first-order chi connectivity index (χ1) is 14.4. The lowest BCUT2D eigenvalue weighted by atomic mass is 9.76. The minimum Gasteiger partial charge on any atom is -0.532 e. The fourth-order valence-corrected chi connectivity index (χ4v) is 3.77. The van der Waals surface area contributed by atoms with Gasteiger partial charge in [-0.3, -0.25) is 9.48 Å². The van der Waals surface area contributed by atoms with Crippen LogP contribution < -0.4 is 15.7 Å². The lowest BCUT2D eigenvalue weighted by Gasteiger charge is -2.27. The molecular weight excluding hydrogens is 385 g/mol. The average Bonchev–Trinajstić information content (AvgIpc) is 3.13. The number of carbonyl (C=O) groups excluding carboxylic acids is 1. The van der Waals surface area contributed by atoms with Crippen LogP contribution >= 0.6 is 0 Å². The van der Waals surface area contributed by atoms with Gasteiger partial charge in [0.2, 0.25) is 0 Å². The van der Waals surface area contributed by atoms with Crippen molar-refractivity contribution in [2.24, 2.45) is 11.7 Å². The predicted molar refractivity (Wildman–Crippen MR) is 111 cm³/mol. The van der Waals surface area contributed by atoms with Crippen LogP contribution in [0.2, 0.25) is 0 Å². The van der Waals surface area contributed by atoms with Crippen LogP contribution in [0.5, 0.6) is 5.75 Å². The Hall–Kier alpha value is -3.29. The molecule has 1 aromatic heterocycles. The number of benzene rings is 1. The molecule has 154 valence electrons. The van der Waals surface area contributed by atoms with Crippen molar-refractivity contribution in [3.05, 3.63) is 40.5 Å². The molecule has 2 atom stereocenters. The molecule has 9 nitrogen and oxygen atoms in total. The molecule has 2 aliphatic heterocycles. The van der Waals surface area contributed by atoms with Crippen molar-refractivity contribution in [3.8, 4) is 11.8 Å². The number of ether oxygens (including phenoxy) is 1. The van der Waals surface area contributed by atoms with E-state index in [9.17, 15) is 15.1 Å². The van der Waals surface area contributed by atoms with Crippen molar-refractivity contribution in [3.63, 3.8) is 0 Å². The van der Waals surface area contributed by atoms with Gasteiger partial charge in [0, 0.05) is 24.1 Å². The molecule has 1 amide bonds. The van der Waals surface area contributed by atoms with Gasteiger partial charge in [0.25, 0.3) is 5.91 Å². The maximum atomic E-state index is 12.0. The van der Waals surface area contributed by atoms with Gasteiger partial charge in [-0.15, -0.1) is 0 Å². The van der Waals surface area contributed by atoms with E-state index in [4.69, 9.17) is 15.1 Å². The number of fused-ring (bicyclic) bond motifs is 1. The van der Waals surface area contributed by atoms with E-state index in [-0.39, 0.29) is 17.5 Å². The van der Waals surface area contributed by atoms with E-state index in [1.165, 1.54) is 0 Å². The van der Waals surface area contributed by atoms with E-state index >= 15 is 0 Å². The van der Waals surface area contributed by atoms with Crippen LogP contribution in [0.1, 0.15) is 40.9 Å². The average molecular weight is 407 g/mol. The van der Waals surface area contributed by atoms with Crippen molar-refractivity contribution in [2.75, 3.05) is 18.5 Å². The van der Waals surface area contributed by atoms with Gasteiger partial charge in [-0.1, -0.05) is 6.08 Å². The molecule has 30 heavy (non-hydrogen) atoms. The van der Waals surface area contributed by atoms with E-state index in [1.54, 1.807) is 17.8 Å². The Bertz CT molecular complexity index is 1070. The zero-order valence-electron chi connectivity index (χ0n) is 16.8. The summed E-state index contributed by atoms with van der Waals surface area (Å²) < 4.78 is 12.7. The largest absolute Gasteiger partial charge is 0.555 e. The van der Waals surface area contributed by atoms with E-state index < -0.39 is 13.0 Å². The molecule has 4 rings (SSSR count). The highest BCUT2D eigenvalue weighted by atomic mass is 16.5. The fourth-order valence-electron chi connectivity index (χ4n) is 3.77. The molecule has 4 N–H and O–H groups in total. The number of nitrogens with two attached hydrogens (primary N) is 1. The Kier molecular flexibility index (Phi) is 5.24. The van der Waals surface area contributed by atoms with Crippen LogP contribution in [0, 0.1) is 24.2 Å². The number of hydrogen-bond donors (Lipinski definition) is 3. The smallest absolute Gasteiger partial charge is 0.532 e. The number of rotatable bonds is 4. The normalized spacial score (nSPS) is 20.6. The SMILES string of the molecule is CC1=Cc2cc(Nc3nn([C@H]4COCCC4C#N)cc3C(N)=O)cc(C)c2OB1O. The van der Waals surface area contributed by atoms with E-state index in [2.05, 4.69) is 16.5 Å². The summed E-state index contributed by atoms with van der Waals surface area (Å²) >= 11 is 0. The Labute approximate surface area is 174 Å². The summed E-state index contributed by atoms with van der Waals surface area (Å²) in [6.45, 7) is 4.53. The molecule has 1 fully saturated rings. The van der Waals surface area contributed by atoms with Gasteiger partial charge in [-0.25, -0.2) is 0 Å². The second kappa shape index (κ2) is 7.86. The molecule has 1 unspecified atom stereocenters. The number of nitriles is 1. The second-order valence-corrected chi connectivity index (χ2v) is 7.60. The highest BCUT2D eigenvalue weighted by molar-refractivity contribution is 6.54. The standard InChI is InChI=1S/C20H22BN5O4/c1-11-5-15(7-14-6-12(2)21(28)30-18(11)14)24-20-16(19(23)27)9-26(25-20)17-10-29-4-3-13(17)8-22/h5-7,9,13,17,28H,3-4,10H2,1-2H3,(H2,23,27)(H,24,25)/t13?,17-/m0/s1. The summed E-state index contributed by atoms with van der Waals surface area (Å²) in [4.78, 5) is 12.0. The molecule has 10 heteroatoms. The summed E-state index contributed by atoms with van der Waals surface area (Å²) in [5, 5.41) is 27.0. The van der Waals surface area contributed by atoms with Crippen molar-refractivity contribution in [1.82, 2.24) is 9.78 Å². The van der Waals surface area contributed by atoms with Crippen LogP contribution in [0.15, 0.2) is 23.8 Å². The van der Waals surface area contributed by atoms with Crippen molar-refractivity contribution < 1.29 is 19.2 Å². The first kappa shape index (κ1) is 20.0. The highest BCUT2D eigenvalue weighted by Crippen LogP contribution is 2.35. The zero-order chi connectivity index (χ0) is 21.4. The van der Waals surface area contributed by atoms with E-state index in [0.29, 0.717) is 42.4 Å². The molecule has 3 heterocycles. The predicted octanol–water partition coefficient (Wildman–Crippen LogP) is 1.95. The van der Waals surface area contributed by atoms with Gasteiger partial charge in [0.15, 0.2) is 5.82 Å². The second-order valence-electron chi connectivity index (χ2n) is 7.60. The molecule has 2 aromatic rings. The van der Waals surface area contributed by atoms with Crippen LogP contribution in [-0.4, -0.2) is 41.0 Å². The molecule has 0 aliphatic carbocycles. The third kappa shape index (κ3) is 3.65. The maximum absolute atomic E-state index is 12.0. The summed E-state index contributed by atoms with van der Waals surface area (Å²) in [5.41, 5.74) is 8.82. The van der Waals surface area contributed by atoms with Gasteiger partial charge < -0.3 is 25.5 Å². The van der Waals surface area contributed by atoms with E-state index in [0.717, 1.165) is 11.1 Å². The van der Waals surface area contributed by atoms with Crippen LogP contribution in [0.25, 0.3) is 6.08 Å². The third-order valence-corrected chi connectivity index (χ3v) is 5.40. The van der Waals surface area contributed by atoms with Crippen molar-refractivity contribution >= 4 is 30.6 Å². The maximum Gasteiger partial charge on any atom is 0.555 e. The van der Waals surface area contributed by atoms with E-state index in [1.807, 2.05) is 25.1 Å². The van der Waals surface area contributed by atoms with Gasteiger partial charge in [-0.2, -0.15) is 10.4 Å². The Morgan fingerprint density at radius 1 is 1.47 bits per heavy atom. The van der Waals surface area contributed by atoms with Gasteiger partial charge in [0.1, 0.15) is 11.3 Å². The summed E-state index contributed by atoms with van der Waals surface area (Å²) in [6, 6.07) is 5.69. The molecular formula is C20H22BN5O4. The number of amides is 1. The van der Waals surface area contributed by atoms with Gasteiger partial charge in [0.05, 0.1) is 24.6 Å². The van der Waals surface area contributed by atoms with Crippen LogP contribution in [0.3, 0.4) is 0 Å². The number of nitrogens with zero attached hydrogens (tertiary/aromatic N) is 3. The summed E-state index contributed by atoms with van der Waals surface area (Å²) in [5.74, 6) is 0.0397. The quantitative estimate of drug-likeness (QED) is 0.659. The molecule has 2 aliphatic rings. The summed E-state index contributed by atoms with van der Waals surface area (Å²) in [7, 11) is -0.960. The third-order valence-electron chi connectivity index (χ3n) is 5.40. The van der Waals surface area contributed by atoms with Gasteiger partial charge in [-0.05, 0) is 43.4 Å². The van der Waals surface area contributed by atoms with Crippen molar-refractivity contribution in [1.29, 1.82) is 5.26 Å². The molecule has 0 bridgehead atoms. The number of allylic oxidation sites excluding steroid dienone is 1. The Balaban J connectivity index is 1.68. The lowest BCUT2D eigenvalue weighted by molar-refractivity contribution is 0.0342. The molecule has 0 radical (unpaired) electrons. The summed E-state index contributed by atoms with van der Waals surface area (Å²) in [6.07, 6.45) is 4.02. The lowest BCUT2D eigenvalue weighted by Crippen LogP contribution is -2.29.